The van der Waals surface area contributed by atoms with Crippen molar-refractivity contribution in [2.75, 3.05) is 6.61 Å². The first-order valence-electron chi connectivity index (χ1n) is 6.30. The number of esters is 1. The number of ether oxygens (including phenoxy) is 1. The van der Waals surface area contributed by atoms with Gasteiger partial charge in [-0.05, 0) is 29.8 Å². The Bertz CT molecular complexity index is 673. The summed E-state index contributed by atoms with van der Waals surface area (Å²) in [7, 11) is 0. The maximum absolute atomic E-state index is 14.0. The lowest BCUT2D eigenvalue weighted by atomic mass is 10.0. The Morgan fingerprint density at radius 1 is 1.38 bits per heavy atom. The number of carbonyl (C=O) groups excluding carboxylic acids is 1. The summed E-state index contributed by atoms with van der Waals surface area (Å²) in [4.78, 5) is 14.9. The molecule has 0 atom stereocenters. The molecule has 0 unspecified atom stereocenters. The summed E-state index contributed by atoms with van der Waals surface area (Å²) in [5, 5.41) is 0.242. The van der Waals surface area contributed by atoms with Crippen LogP contribution in [0, 0.1) is 5.82 Å². The fourth-order valence-electron chi connectivity index (χ4n) is 1.85. The Morgan fingerprint density at radius 3 is 2.90 bits per heavy atom. The number of carbonyl (C=O) groups is 1. The minimum absolute atomic E-state index is 0.205. The lowest BCUT2D eigenvalue weighted by Gasteiger charge is -2.08. The van der Waals surface area contributed by atoms with Crippen molar-refractivity contribution in [3.05, 3.63) is 65.7 Å². The van der Waals surface area contributed by atoms with Crippen LogP contribution in [0.1, 0.15) is 5.56 Å². The van der Waals surface area contributed by atoms with Crippen molar-refractivity contribution in [3.8, 4) is 11.1 Å². The first-order valence-corrected chi connectivity index (χ1v) is 6.68. The Balaban J connectivity index is 2.20. The van der Waals surface area contributed by atoms with E-state index in [1.807, 2.05) is 0 Å². The van der Waals surface area contributed by atoms with Gasteiger partial charge in [0, 0.05) is 29.8 Å². The van der Waals surface area contributed by atoms with Gasteiger partial charge in [0.15, 0.2) is 0 Å². The monoisotopic (exact) mass is 305 g/mol. The average Bonchev–Trinajstić information content (AvgIpc) is 2.49. The van der Waals surface area contributed by atoms with E-state index in [4.69, 9.17) is 16.3 Å². The molecule has 2 rings (SSSR count). The van der Waals surface area contributed by atoms with E-state index >= 15 is 0 Å². The van der Waals surface area contributed by atoms with E-state index in [0.29, 0.717) is 17.5 Å². The lowest BCUT2D eigenvalue weighted by molar-refractivity contribution is -0.137. The normalized spacial score (nSPS) is 10.2. The Labute approximate surface area is 127 Å². The number of nitrogens with zero attached hydrogens (tertiary/aromatic N) is 1. The van der Waals surface area contributed by atoms with Gasteiger partial charge in [-0.2, -0.15) is 0 Å². The number of benzene rings is 1. The predicted molar refractivity (Wildman–Crippen MR) is 79.5 cm³/mol. The van der Waals surface area contributed by atoms with Crippen LogP contribution in [0.25, 0.3) is 11.1 Å². The predicted octanol–water partition coefficient (Wildman–Crippen LogP) is 3.81. The molecular weight excluding hydrogens is 293 g/mol. The number of rotatable bonds is 5. The third-order valence-corrected chi connectivity index (χ3v) is 3.18. The van der Waals surface area contributed by atoms with Gasteiger partial charge in [0.25, 0.3) is 0 Å². The van der Waals surface area contributed by atoms with Crippen LogP contribution in [0.2, 0.25) is 5.15 Å². The number of aromatic nitrogens is 1. The average molecular weight is 306 g/mol. The second kappa shape index (κ2) is 6.99. The fourth-order valence-corrected chi connectivity index (χ4v) is 2.07. The van der Waals surface area contributed by atoms with E-state index in [2.05, 4.69) is 11.6 Å². The maximum Gasteiger partial charge on any atom is 0.330 e. The third kappa shape index (κ3) is 3.89. The van der Waals surface area contributed by atoms with E-state index < -0.39 is 5.97 Å². The molecule has 0 fully saturated rings. The summed E-state index contributed by atoms with van der Waals surface area (Å²) < 4.78 is 18.9. The quantitative estimate of drug-likeness (QED) is 0.479. The minimum atomic E-state index is -0.479. The second-order valence-corrected chi connectivity index (χ2v) is 4.64. The summed E-state index contributed by atoms with van der Waals surface area (Å²) >= 11 is 5.99. The number of hydrogen-bond acceptors (Lipinski definition) is 3. The Hall–Kier alpha value is -2.20. The molecule has 2 aromatic rings. The molecule has 5 heteroatoms. The van der Waals surface area contributed by atoms with Gasteiger partial charge in [-0.25, -0.2) is 14.2 Å². The molecule has 1 aromatic carbocycles. The Morgan fingerprint density at radius 2 is 2.19 bits per heavy atom. The smallest absolute Gasteiger partial charge is 0.330 e. The molecule has 0 N–H and O–H groups in total. The molecule has 21 heavy (non-hydrogen) atoms. The van der Waals surface area contributed by atoms with Crippen molar-refractivity contribution in [2.24, 2.45) is 0 Å². The summed E-state index contributed by atoms with van der Waals surface area (Å²) in [5.74, 6) is -0.857. The zero-order chi connectivity index (χ0) is 15.2. The fraction of sp³-hybridized carbons (Fsp3) is 0.125. The SMILES string of the molecule is C=CC(=O)OCCc1ccc(F)c(-c2cccnc2Cl)c1. The van der Waals surface area contributed by atoms with Crippen molar-refractivity contribution in [2.45, 2.75) is 6.42 Å². The van der Waals surface area contributed by atoms with Crippen LogP contribution >= 0.6 is 11.6 Å². The van der Waals surface area contributed by atoms with E-state index in [1.165, 1.54) is 6.07 Å². The third-order valence-electron chi connectivity index (χ3n) is 2.88. The van der Waals surface area contributed by atoms with E-state index in [1.54, 1.807) is 30.5 Å². The zero-order valence-corrected chi connectivity index (χ0v) is 11.9. The van der Waals surface area contributed by atoms with Gasteiger partial charge in [0.1, 0.15) is 11.0 Å². The van der Waals surface area contributed by atoms with Crippen LogP contribution in [0.4, 0.5) is 4.39 Å². The maximum atomic E-state index is 14.0. The molecule has 0 aliphatic heterocycles. The molecule has 0 saturated heterocycles. The van der Waals surface area contributed by atoms with Crippen molar-refractivity contribution < 1.29 is 13.9 Å². The molecule has 0 bridgehead atoms. The van der Waals surface area contributed by atoms with Gasteiger partial charge in [-0.3, -0.25) is 0 Å². The summed E-state index contributed by atoms with van der Waals surface area (Å²) in [6.45, 7) is 3.52. The topological polar surface area (TPSA) is 39.2 Å². The largest absolute Gasteiger partial charge is 0.462 e. The van der Waals surface area contributed by atoms with Gasteiger partial charge < -0.3 is 4.74 Å². The zero-order valence-electron chi connectivity index (χ0n) is 11.2. The van der Waals surface area contributed by atoms with Gasteiger partial charge in [0.05, 0.1) is 6.61 Å². The van der Waals surface area contributed by atoms with Crippen LogP contribution in [-0.2, 0) is 16.0 Å². The molecule has 0 aliphatic rings. The van der Waals surface area contributed by atoms with Crippen LogP contribution in [0.3, 0.4) is 0 Å². The van der Waals surface area contributed by atoms with Crippen molar-refractivity contribution in [1.29, 1.82) is 0 Å². The molecular formula is C16H13ClFNO2. The highest BCUT2D eigenvalue weighted by Crippen LogP contribution is 2.29. The summed E-state index contributed by atoms with van der Waals surface area (Å²) in [6, 6.07) is 8.09. The number of halogens is 2. The van der Waals surface area contributed by atoms with Gasteiger partial charge in [-0.15, -0.1) is 0 Å². The van der Waals surface area contributed by atoms with Crippen molar-refractivity contribution in [1.82, 2.24) is 4.98 Å². The standard InChI is InChI=1S/C16H13ClFNO2/c1-2-15(20)21-9-7-11-5-6-14(18)13(10-11)12-4-3-8-19-16(12)17/h2-6,8,10H,1,7,9H2. The first-order chi connectivity index (χ1) is 10.1. The Kier molecular flexibility index (Phi) is 5.06. The van der Waals surface area contributed by atoms with Gasteiger partial charge in [0.2, 0.25) is 0 Å². The molecule has 108 valence electrons. The molecule has 0 spiro atoms. The lowest BCUT2D eigenvalue weighted by Crippen LogP contribution is -2.04. The van der Waals surface area contributed by atoms with Crippen molar-refractivity contribution in [3.63, 3.8) is 0 Å². The highest BCUT2D eigenvalue weighted by molar-refractivity contribution is 6.32. The molecule has 0 aliphatic carbocycles. The molecule has 3 nitrogen and oxygen atoms in total. The van der Waals surface area contributed by atoms with E-state index in [9.17, 15) is 9.18 Å². The van der Waals surface area contributed by atoms with Crippen LogP contribution < -0.4 is 0 Å². The highest BCUT2D eigenvalue weighted by atomic mass is 35.5. The first kappa shape index (κ1) is 15.2. The van der Waals surface area contributed by atoms with E-state index in [-0.39, 0.29) is 17.6 Å². The molecule has 1 heterocycles. The van der Waals surface area contributed by atoms with E-state index in [0.717, 1.165) is 11.6 Å². The second-order valence-electron chi connectivity index (χ2n) is 4.28. The number of hydrogen-bond donors (Lipinski definition) is 0. The molecule has 1 aromatic heterocycles. The minimum Gasteiger partial charge on any atom is -0.462 e. The summed E-state index contributed by atoms with van der Waals surface area (Å²) in [5.41, 5.74) is 1.74. The van der Waals surface area contributed by atoms with Crippen molar-refractivity contribution >= 4 is 17.6 Å². The molecule has 0 amide bonds. The van der Waals surface area contributed by atoms with Crippen LogP contribution in [0.15, 0.2) is 49.2 Å². The molecule has 0 radical (unpaired) electrons. The highest BCUT2D eigenvalue weighted by Gasteiger charge is 2.10. The molecule has 0 saturated carbocycles. The van der Waals surface area contributed by atoms with Gasteiger partial charge in [-0.1, -0.05) is 24.2 Å². The van der Waals surface area contributed by atoms with Crippen LogP contribution in [0.5, 0.6) is 0 Å². The number of pyridine rings is 1. The van der Waals surface area contributed by atoms with Crippen LogP contribution in [-0.4, -0.2) is 17.6 Å². The summed E-state index contributed by atoms with van der Waals surface area (Å²) in [6.07, 6.45) is 3.12. The van der Waals surface area contributed by atoms with Gasteiger partial charge >= 0.3 is 5.97 Å².